The summed E-state index contributed by atoms with van der Waals surface area (Å²) in [5.41, 5.74) is 5.31. The van der Waals surface area contributed by atoms with Crippen molar-refractivity contribution in [1.82, 2.24) is 4.90 Å². The SMILES string of the molecule is Cc1cc(C)c(N2CCN(C(=O)c3ccccc3C(=O)O)CC2)c(C)c1. The number of carbonyl (C=O) groups is 2. The van der Waals surface area contributed by atoms with Gasteiger partial charge in [-0.3, -0.25) is 4.79 Å². The summed E-state index contributed by atoms with van der Waals surface area (Å²) < 4.78 is 0. The van der Waals surface area contributed by atoms with Crippen LogP contribution in [-0.4, -0.2) is 48.1 Å². The van der Waals surface area contributed by atoms with Crippen LogP contribution in [0.4, 0.5) is 5.69 Å². The fraction of sp³-hybridized carbons (Fsp3) is 0.333. The predicted molar refractivity (Wildman–Crippen MR) is 102 cm³/mol. The second-order valence-electron chi connectivity index (χ2n) is 6.88. The molecule has 1 fully saturated rings. The van der Waals surface area contributed by atoms with E-state index in [4.69, 9.17) is 0 Å². The molecule has 26 heavy (non-hydrogen) atoms. The van der Waals surface area contributed by atoms with Crippen LogP contribution in [0, 0.1) is 20.8 Å². The Balaban J connectivity index is 1.75. The molecule has 1 aliphatic rings. The Bertz CT molecular complexity index is 829. The molecule has 136 valence electrons. The van der Waals surface area contributed by atoms with Gasteiger partial charge in [-0.2, -0.15) is 0 Å². The summed E-state index contributed by atoms with van der Waals surface area (Å²) in [5.74, 6) is -1.28. The van der Waals surface area contributed by atoms with Gasteiger partial charge in [0.05, 0.1) is 11.1 Å². The Morgan fingerprint density at radius 1 is 0.885 bits per heavy atom. The Labute approximate surface area is 153 Å². The van der Waals surface area contributed by atoms with E-state index in [1.165, 1.54) is 28.4 Å². The van der Waals surface area contributed by atoms with Crippen LogP contribution in [-0.2, 0) is 0 Å². The molecule has 3 rings (SSSR count). The van der Waals surface area contributed by atoms with Crippen molar-refractivity contribution in [3.05, 3.63) is 64.2 Å². The van der Waals surface area contributed by atoms with E-state index < -0.39 is 5.97 Å². The van der Waals surface area contributed by atoms with E-state index in [0.717, 1.165) is 13.1 Å². The fourth-order valence-corrected chi connectivity index (χ4v) is 3.83. The molecule has 0 radical (unpaired) electrons. The second-order valence-corrected chi connectivity index (χ2v) is 6.88. The lowest BCUT2D eigenvalue weighted by atomic mass is 10.0. The number of carboxylic acid groups (broad SMARTS) is 1. The molecule has 1 aliphatic heterocycles. The van der Waals surface area contributed by atoms with Gasteiger partial charge in [0.25, 0.3) is 5.91 Å². The number of aryl methyl sites for hydroxylation is 3. The highest BCUT2D eigenvalue weighted by molar-refractivity contribution is 6.04. The minimum atomic E-state index is -1.07. The standard InChI is InChI=1S/C21H24N2O3/c1-14-12-15(2)19(16(3)13-14)22-8-10-23(11-9-22)20(24)17-6-4-5-7-18(17)21(25)26/h4-7,12-13H,8-11H2,1-3H3,(H,25,26). The van der Waals surface area contributed by atoms with Crippen LogP contribution in [0.25, 0.3) is 0 Å². The maximum atomic E-state index is 12.8. The monoisotopic (exact) mass is 352 g/mol. The molecule has 0 aromatic heterocycles. The molecule has 1 saturated heterocycles. The number of amides is 1. The number of carbonyl (C=O) groups excluding carboxylic acids is 1. The second kappa shape index (κ2) is 7.20. The summed E-state index contributed by atoms with van der Waals surface area (Å²) in [6.45, 7) is 8.99. The van der Waals surface area contributed by atoms with Crippen molar-refractivity contribution >= 4 is 17.6 Å². The zero-order valence-corrected chi connectivity index (χ0v) is 15.5. The Kier molecular flexibility index (Phi) is 4.98. The van der Waals surface area contributed by atoms with Crippen molar-refractivity contribution in [2.45, 2.75) is 20.8 Å². The summed E-state index contributed by atoms with van der Waals surface area (Å²) in [6, 6.07) is 10.8. The average molecular weight is 352 g/mol. The zero-order chi connectivity index (χ0) is 18.8. The number of nitrogens with zero attached hydrogens (tertiary/aromatic N) is 2. The number of aromatic carboxylic acids is 1. The molecule has 0 aliphatic carbocycles. The molecule has 0 atom stereocenters. The van der Waals surface area contributed by atoms with Crippen LogP contribution >= 0.6 is 0 Å². The number of hydrogen-bond donors (Lipinski definition) is 1. The Morgan fingerprint density at radius 3 is 1.96 bits per heavy atom. The summed E-state index contributed by atoms with van der Waals surface area (Å²) in [6.07, 6.45) is 0. The van der Waals surface area contributed by atoms with Gasteiger partial charge in [-0.1, -0.05) is 29.8 Å². The van der Waals surface area contributed by atoms with Gasteiger partial charge in [-0.15, -0.1) is 0 Å². The largest absolute Gasteiger partial charge is 0.478 e. The van der Waals surface area contributed by atoms with Crippen LogP contribution in [0.3, 0.4) is 0 Å². The van der Waals surface area contributed by atoms with Crippen molar-refractivity contribution < 1.29 is 14.7 Å². The van der Waals surface area contributed by atoms with E-state index >= 15 is 0 Å². The van der Waals surface area contributed by atoms with Gasteiger partial charge in [0.15, 0.2) is 0 Å². The van der Waals surface area contributed by atoms with Gasteiger partial charge in [0.2, 0.25) is 0 Å². The van der Waals surface area contributed by atoms with Gasteiger partial charge in [0, 0.05) is 31.9 Å². The lowest BCUT2D eigenvalue weighted by molar-refractivity contribution is 0.0673. The van der Waals surface area contributed by atoms with E-state index in [-0.39, 0.29) is 17.0 Å². The van der Waals surface area contributed by atoms with E-state index in [1.54, 1.807) is 23.1 Å². The van der Waals surface area contributed by atoms with Crippen LogP contribution in [0.15, 0.2) is 36.4 Å². The number of hydrogen-bond acceptors (Lipinski definition) is 3. The highest BCUT2D eigenvalue weighted by Crippen LogP contribution is 2.27. The number of rotatable bonds is 3. The zero-order valence-electron chi connectivity index (χ0n) is 15.5. The summed E-state index contributed by atoms with van der Waals surface area (Å²) in [5, 5.41) is 9.31. The first-order valence-corrected chi connectivity index (χ1v) is 8.83. The molecule has 2 aromatic carbocycles. The molecule has 5 heteroatoms. The maximum absolute atomic E-state index is 12.8. The van der Waals surface area contributed by atoms with Crippen molar-refractivity contribution in [2.24, 2.45) is 0 Å². The molecule has 2 aromatic rings. The highest BCUT2D eigenvalue weighted by Gasteiger charge is 2.26. The summed E-state index contributed by atoms with van der Waals surface area (Å²) in [4.78, 5) is 28.2. The number of carboxylic acids is 1. The maximum Gasteiger partial charge on any atom is 0.336 e. The Morgan fingerprint density at radius 2 is 1.42 bits per heavy atom. The third kappa shape index (κ3) is 3.43. The quantitative estimate of drug-likeness (QED) is 0.921. The third-order valence-corrected chi connectivity index (χ3v) is 4.91. The molecular weight excluding hydrogens is 328 g/mol. The van der Waals surface area contributed by atoms with Gasteiger partial charge in [0.1, 0.15) is 0 Å². The van der Waals surface area contributed by atoms with Crippen molar-refractivity contribution in [1.29, 1.82) is 0 Å². The normalized spacial score (nSPS) is 14.4. The predicted octanol–water partition coefficient (Wildman–Crippen LogP) is 3.27. The first-order valence-electron chi connectivity index (χ1n) is 8.83. The molecular formula is C21H24N2O3. The van der Waals surface area contributed by atoms with Crippen LogP contribution in [0.5, 0.6) is 0 Å². The van der Waals surface area contributed by atoms with E-state index in [9.17, 15) is 14.7 Å². The lowest BCUT2D eigenvalue weighted by Gasteiger charge is -2.37. The number of benzene rings is 2. The van der Waals surface area contributed by atoms with E-state index in [2.05, 4.69) is 37.8 Å². The molecule has 5 nitrogen and oxygen atoms in total. The van der Waals surface area contributed by atoms with Gasteiger partial charge in [-0.25, -0.2) is 4.79 Å². The Hall–Kier alpha value is -2.82. The smallest absolute Gasteiger partial charge is 0.336 e. The lowest BCUT2D eigenvalue weighted by Crippen LogP contribution is -2.49. The third-order valence-electron chi connectivity index (χ3n) is 4.91. The number of piperazine rings is 1. The summed E-state index contributed by atoms with van der Waals surface area (Å²) >= 11 is 0. The number of anilines is 1. The van der Waals surface area contributed by atoms with Crippen LogP contribution in [0.1, 0.15) is 37.4 Å². The van der Waals surface area contributed by atoms with Gasteiger partial charge in [-0.05, 0) is 44.0 Å². The molecule has 1 heterocycles. The van der Waals surface area contributed by atoms with Crippen LogP contribution in [0.2, 0.25) is 0 Å². The highest BCUT2D eigenvalue weighted by atomic mass is 16.4. The molecule has 1 amide bonds. The summed E-state index contributed by atoms with van der Waals surface area (Å²) in [7, 11) is 0. The van der Waals surface area contributed by atoms with Gasteiger partial charge < -0.3 is 14.9 Å². The van der Waals surface area contributed by atoms with Crippen molar-refractivity contribution in [3.8, 4) is 0 Å². The van der Waals surface area contributed by atoms with Gasteiger partial charge >= 0.3 is 5.97 Å². The van der Waals surface area contributed by atoms with Crippen molar-refractivity contribution in [3.63, 3.8) is 0 Å². The van der Waals surface area contributed by atoms with E-state index in [1.807, 2.05) is 0 Å². The first kappa shape index (κ1) is 18.0. The fourth-order valence-electron chi connectivity index (χ4n) is 3.83. The molecule has 0 spiro atoms. The molecule has 0 bridgehead atoms. The van der Waals surface area contributed by atoms with Crippen LogP contribution < -0.4 is 4.90 Å². The molecule has 1 N–H and O–H groups in total. The minimum Gasteiger partial charge on any atom is -0.478 e. The molecule has 0 unspecified atom stereocenters. The topological polar surface area (TPSA) is 60.9 Å². The molecule has 0 saturated carbocycles. The minimum absolute atomic E-state index is 0.0603. The first-order chi connectivity index (χ1) is 12.4. The van der Waals surface area contributed by atoms with E-state index in [0.29, 0.717) is 13.1 Å². The van der Waals surface area contributed by atoms with Crippen molar-refractivity contribution in [2.75, 3.05) is 31.1 Å². The average Bonchev–Trinajstić information content (AvgIpc) is 2.61.